The summed E-state index contributed by atoms with van der Waals surface area (Å²) in [6.07, 6.45) is 5.50. The van der Waals surface area contributed by atoms with Gasteiger partial charge in [-0.25, -0.2) is 4.79 Å². The third-order valence-corrected chi connectivity index (χ3v) is 6.39. The summed E-state index contributed by atoms with van der Waals surface area (Å²) in [5, 5.41) is 0.795. The lowest BCUT2D eigenvalue weighted by molar-refractivity contribution is 0.0531. The number of nitrogens with zero attached hydrogens (tertiary/aromatic N) is 2. The van der Waals surface area contributed by atoms with Gasteiger partial charge in [0.05, 0.1) is 36.1 Å². The van der Waals surface area contributed by atoms with Crippen molar-refractivity contribution in [1.29, 1.82) is 0 Å². The van der Waals surface area contributed by atoms with Crippen LogP contribution < -0.4 is 4.74 Å². The Morgan fingerprint density at radius 1 is 1.12 bits per heavy atom. The van der Waals surface area contributed by atoms with E-state index in [2.05, 4.69) is 4.90 Å². The summed E-state index contributed by atoms with van der Waals surface area (Å²) in [5.74, 6) is 0.305. The summed E-state index contributed by atoms with van der Waals surface area (Å²) >= 11 is 0. The molecule has 0 N–H and O–H groups in total. The molecule has 9 heteroatoms. The lowest BCUT2D eigenvalue weighted by atomic mass is 10.1. The first-order valence-electron chi connectivity index (χ1n) is 11.3. The zero-order valence-corrected chi connectivity index (χ0v) is 19.8. The van der Waals surface area contributed by atoms with Gasteiger partial charge in [-0.05, 0) is 57.1 Å². The molecule has 8 nitrogen and oxygen atoms in total. The zero-order chi connectivity index (χ0) is 23.4. The SMILES string of the molecule is CCOC(=O)c1c2ccc(OC(CCOS(C)(=O)=O)CN3CCCC3)cc2n2ccccc12. The van der Waals surface area contributed by atoms with Crippen LogP contribution >= 0.6 is 0 Å². The van der Waals surface area contributed by atoms with Crippen molar-refractivity contribution in [3.63, 3.8) is 0 Å². The second-order valence-corrected chi connectivity index (χ2v) is 9.94. The van der Waals surface area contributed by atoms with Crippen LogP contribution in [-0.2, 0) is 19.0 Å². The molecule has 3 aromatic rings. The third kappa shape index (κ3) is 5.66. The Morgan fingerprint density at radius 3 is 2.64 bits per heavy atom. The second-order valence-electron chi connectivity index (χ2n) is 8.29. The molecule has 1 atom stereocenters. The maximum atomic E-state index is 12.7. The van der Waals surface area contributed by atoms with Gasteiger partial charge in [0, 0.05) is 30.6 Å². The molecule has 1 saturated heterocycles. The van der Waals surface area contributed by atoms with Crippen LogP contribution in [0.1, 0.15) is 36.5 Å². The van der Waals surface area contributed by atoms with Crippen molar-refractivity contribution in [2.45, 2.75) is 32.3 Å². The highest BCUT2D eigenvalue weighted by Gasteiger charge is 2.22. The summed E-state index contributed by atoms with van der Waals surface area (Å²) in [6.45, 7) is 4.89. The van der Waals surface area contributed by atoms with Crippen LogP contribution in [0.25, 0.3) is 16.4 Å². The second kappa shape index (κ2) is 10.1. The molecular formula is C24H30N2O6S. The molecule has 1 aromatic carbocycles. The Kier molecular flexibility index (Phi) is 7.21. The van der Waals surface area contributed by atoms with Crippen LogP contribution in [0.15, 0.2) is 42.6 Å². The van der Waals surface area contributed by atoms with Crippen LogP contribution in [0.4, 0.5) is 0 Å². The van der Waals surface area contributed by atoms with Crippen molar-refractivity contribution in [2.75, 3.05) is 39.1 Å². The minimum atomic E-state index is -3.50. The summed E-state index contributed by atoms with van der Waals surface area (Å²) in [4.78, 5) is 15.0. The predicted molar refractivity (Wildman–Crippen MR) is 126 cm³/mol. The van der Waals surface area contributed by atoms with Gasteiger partial charge in [-0.1, -0.05) is 6.07 Å². The van der Waals surface area contributed by atoms with Crippen molar-refractivity contribution >= 4 is 32.5 Å². The van der Waals surface area contributed by atoms with Crippen molar-refractivity contribution < 1.29 is 26.9 Å². The number of carbonyl (C=O) groups excluding carboxylic acids is 1. The molecule has 178 valence electrons. The standard InChI is InChI=1S/C24H30N2O6S/c1-3-30-24(27)23-20-10-9-18(16-22(20)26-14-5-4-8-21(23)26)32-19(11-15-31-33(2,28)29)17-25-12-6-7-13-25/h4-5,8-10,14,16,19H,3,6-7,11-13,15,17H2,1-2H3. The number of hydrogen-bond donors (Lipinski definition) is 0. The Hall–Kier alpha value is -2.62. The minimum Gasteiger partial charge on any atom is -0.489 e. The number of rotatable bonds is 10. The smallest absolute Gasteiger partial charge is 0.340 e. The Bertz CT molecular complexity index is 1230. The fourth-order valence-electron chi connectivity index (χ4n) is 4.37. The summed E-state index contributed by atoms with van der Waals surface area (Å²) in [5.41, 5.74) is 2.16. The highest BCUT2D eigenvalue weighted by atomic mass is 32.2. The number of carbonyl (C=O) groups is 1. The highest BCUT2D eigenvalue weighted by Crippen LogP contribution is 2.31. The van der Waals surface area contributed by atoms with Crippen LogP contribution in [0, 0.1) is 0 Å². The Labute approximate surface area is 194 Å². The fraction of sp³-hybridized carbons (Fsp3) is 0.458. The largest absolute Gasteiger partial charge is 0.489 e. The van der Waals surface area contributed by atoms with Gasteiger partial charge >= 0.3 is 5.97 Å². The lowest BCUT2D eigenvalue weighted by Crippen LogP contribution is -2.34. The number of esters is 1. The number of ether oxygens (including phenoxy) is 2. The topological polar surface area (TPSA) is 86.5 Å². The molecule has 33 heavy (non-hydrogen) atoms. The van der Waals surface area contributed by atoms with Gasteiger partial charge in [0.2, 0.25) is 0 Å². The van der Waals surface area contributed by atoms with Gasteiger partial charge in [-0.2, -0.15) is 8.42 Å². The number of likely N-dealkylation sites (tertiary alicyclic amines) is 1. The zero-order valence-electron chi connectivity index (χ0n) is 19.0. The van der Waals surface area contributed by atoms with Crippen LogP contribution in [0.2, 0.25) is 0 Å². The molecule has 4 rings (SSSR count). The summed E-state index contributed by atoms with van der Waals surface area (Å²) < 4.78 is 41.3. The molecule has 1 aliphatic heterocycles. The molecule has 0 aliphatic carbocycles. The molecule has 0 radical (unpaired) electrons. The van der Waals surface area contributed by atoms with Gasteiger partial charge in [-0.3, -0.25) is 9.08 Å². The quantitative estimate of drug-likeness (QED) is 0.328. The molecular weight excluding hydrogens is 444 g/mol. The van der Waals surface area contributed by atoms with E-state index in [1.54, 1.807) is 6.92 Å². The first-order chi connectivity index (χ1) is 15.9. The predicted octanol–water partition coefficient (Wildman–Crippen LogP) is 3.48. The Morgan fingerprint density at radius 2 is 1.91 bits per heavy atom. The van der Waals surface area contributed by atoms with Crippen molar-refractivity contribution in [2.24, 2.45) is 0 Å². The Balaban J connectivity index is 1.62. The van der Waals surface area contributed by atoms with Crippen LogP contribution in [0.3, 0.4) is 0 Å². The molecule has 0 bridgehead atoms. The summed E-state index contributed by atoms with van der Waals surface area (Å²) in [6, 6.07) is 11.3. The normalized spacial score (nSPS) is 15.8. The van der Waals surface area contributed by atoms with E-state index in [4.69, 9.17) is 13.7 Å². The number of pyridine rings is 1. The van der Waals surface area contributed by atoms with E-state index in [-0.39, 0.29) is 18.7 Å². The van der Waals surface area contributed by atoms with E-state index in [0.717, 1.165) is 48.6 Å². The molecule has 0 saturated carbocycles. The fourth-order valence-corrected chi connectivity index (χ4v) is 4.77. The highest BCUT2D eigenvalue weighted by molar-refractivity contribution is 7.85. The maximum Gasteiger partial charge on any atom is 0.340 e. The van der Waals surface area contributed by atoms with Gasteiger partial charge in [0.25, 0.3) is 10.1 Å². The number of aromatic nitrogens is 1. The summed E-state index contributed by atoms with van der Waals surface area (Å²) in [7, 11) is -3.50. The van der Waals surface area contributed by atoms with E-state index in [1.165, 1.54) is 0 Å². The molecule has 3 heterocycles. The monoisotopic (exact) mass is 474 g/mol. The van der Waals surface area contributed by atoms with Crippen LogP contribution in [-0.4, -0.2) is 68.9 Å². The van der Waals surface area contributed by atoms with E-state index >= 15 is 0 Å². The molecule has 1 unspecified atom stereocenters. The van der Waals surface area contributed by atoms with Crippen molar-refractivity contribution in [3.8, 4) is 5.75 Å². The van der Waals surface area contributed by atoms with Gasteiger partial charge in [0.15, 0.2) is 0 Å². The van der Waals surface area contributed by atoms with Crippen molar-refractivity contribution in [3.05, 3.63) is 48.2 Å². The number of hydrogen-bond acceptors (Lipinski definition) is 7. The number of benzene rings is 1. The van der Waals surface area contributed by atoms with Crippen LogP contribution in [0.5, 0.6) is 5.75 Å². The molecule has 1 aliphatic rings. The molecule has 0 spiro atoms. The first kappa shape index (κ1) is 23.5. The van der Waals surface area contributed by atoms with Gasteiger partial charge < -0.3 is 13.9 Å². The molecule has 2 aromatic heterocycles. The average Bonchev–Trinajstić information content (AvgIpc) is 3.38. The lowest BCUT2D eigenvalue weighted by Gasteiger charge is -2.24. The van der Waals surface area contributed by atoms with E-state index < -0.39 is 10.1 Å². The minimum absolute atomic E-state index is 0.0701. The number of fused-ring (bicyclic) bond motifs is 3. The van der Waals surface area contributed by atoms with Gasteiger partial charge in [-0.15, -0.1) is 0 Å². The van der Waals surface area contributed by atoms with E-state index in [0.29, 0.717) is 30.9 Å². The van der Waals surface area contributed by atoms with E-state index in [9.17, 15) is 13.2 Å². The average molecular weight is 475 g/mol. The third-order valence-electron chi connectivity index (χ3n) is 5.79. The molecule has 0 amide bonds. The first-order valence-corrected chi connectivity index (χ1v) is 13.1. The maximum absolute atomic E-state index is 12.7. The van der Waals surface area contributed by atoms with Crippen molar-refractivity contribution in [1.82, 2.24) is 9.30 Å². The molecule has 1 fully saturated rings. The van der Waals surface area contributed by atoms with Gasteiger partial charge in [0.1, 0.15) is 11.9 Å². The van der Waals surface area contributed by atoms with E-state index in [1.807, 2.05) is 47.0 Å².